The smallest absolute Gasteiger partial charge is 0.170 e. The highest BCUT2D eigenvalue weighted by molar-refractivity contribution is 6.01. The molecule has 0 aliphatic carbocycles. The Morgan fingerprint density at radius 2 is 2.13 bits per heavy atom. The van der Waals surface area contributed by atoms with Crippen molar-refractivity contribution in [2.24, 2.45) is 0 Å². The van der Waals surface area contributed by atoms with E-state index >= 15 is 0 Å². The SMILES string of the molecule is CC1(C)CC(=O)c2cc(N)c(F)cc2O1. The Morgan fingerprint density at radius 3 is 2.80 bits per heavy atom. The molecule has 0 saturated carbocycles. The van der Waals surface area contributed by atoms with Crippen molar-refractivity contribution in [2.45, 2.75) is 25.9 Å². The summed E-state index contributed by atoms with van der Waals surface area (Å²) in [6, 6.07) is 2.51. The summed E-state index contributed by atoms with van der Waals surface area (Å²) in [5, 5.41) is 0. The molecule has 1 aliphatic heterocycles. The van der Waals surface area contributed by atoms with Crippen molar-refractivity contribution in [3.05, 3.63) is 23.5 Å². The van der Waals surface area contributed by atoms with E-state index in [0.717, 1.165) is 0 Å². The maximum absolute atomic E-state index is 13.2. The maximum Gasteiger partial charge on any atom is 0.170 e. The van der Waals surface area contributed by atoms with Crippen molar-refractivity contribution in [3.63, 3.8) is 0 Å². The van der Waals surface area contributed by atoms with Crippen LogP contribution in [0.2, 0.25) is 0 Å². The van der Waals surface area contributed by atoms with Crippen molar-refractivity contribution in [1.29, 1.82) is 0 Å². The minimum atomic E-state index is -0.577. The lowest BCUT2D eigenvalue weighted by molar-refractivity contribution is 0.0618. The van der Waals surface area contributed by atoms with E-state index in [1.807, 2.05) is 0 Å². The van der Waals surface area contributed by atoms with Crippen LogP contribution in [0.4, 0.5) is 10.1 Å². The Labute approximate surface area is 87.0 Å². The average Bonchev–Trinajstić information content (AvgIpc) is 2.07. The van der Waals surface area contributed by atoms with Crippen LogP contribution in [0.3, 0.4) is 0 Å². The summed E-state index contributed by atoms with van der Waals surface area (Å²) in [6.07, 6.45) is 0.283. The van der Waals surface area contributed by atoms with E-state index in [9.17, 15) is 9.18 Å². The van der Waals surface area contributed by atoms with Crippen molar-refractivity contribution in [2.75, 3.05) is 5.73 Å². The molecular formula is C11H12FNO2. The predicted octanol–water partition coefficient (Wildman–Crippen LogP) is 2.15. The van der Waals surface area contributed by atoms with Gasteiger partial charge in [-0.05, 0) is 19.9 Å². The molecule has 0 fully saturated rings. The standard InChI is InChI=1S/C11H12FNO2/c1-11(2)5-9(14)6-3-8(13)7(12)4-10(6)15-11/h3-4H,5,13H2,1-2H3. The molecule has 0 unspecified atom stereocenters. The van der Waals surface area contributed by atoms with E-state index in [0.29, 0.717) is 5.56 Å². The maximum atomic E-state index is 13.2. The lowest BCUT2D eigenvalue weighted by Gasteiger charge is -2.31. The van der Waals surface area contributed by atoms with Gasteiger partial charge in [0.25, 0.3) is 0 Å². The van der Waals surface area contributed by atoms with E-state index in [1.54, 1.807) is 13.8 Å². The Bertz CT molecular complexity index is 440. The first kappa shape index (κ1) is 9.96. The fraction of sp³-hybridized carbons (Fsp3) is 0.364. The lowest BCUT2D eigenvalue weighted by atomic mass is 9.93. The number of nitrogen functional groups attached to an aromatic ring is 1. The molecule has 4 heteroatoms. The molecule has 2 rings (SSSR count). The van der Waals surface area contributed by atoms with Crippen molar-refractivity contribution < 1.29 is 13.9 Å². The van der Waals surface area contributed by atoms with Crippen LogP contribution < -0.4 is 10.5 Å². The second-order valence-corrected chi connectivity index (χ2v) is 4.33. The molecule has 2 N–H and O–H groups in total. The molecule has 0 saturated heterocycles. The molecule has 1 aromatic carbocycles. The quantitative estimate of drug-likeness (QED) is 0.666. The lowest BCUT2D eigenvalue weighted by Crippen LogP contribution is -2.36. The highest BCUT2D eigenvalue weighted by Crippen LogP contribution is 2.35. The summed E-state index contributed by atoms with van der Waals surface area (Å²) in [7, 11) is 0. The van der Waals surface area contributed by atoms with Crippen molar-refractivity contribution >= 4 is 11.5 Å². The molecule has 0 aromatic heterocycles. The number of ketones is 1. The second kappa shape index (κ2) is 2.95. The predicted molar refractivity (Wildman–Crippen MR) is 54.5 cm³/mol. The molecule has 0 amide bonds. The molecule has 0 atom stereocenters. The van der Waals surface area contributed by atoms with Gasteiger partial charge < -0.3 is 10.5 Å². The first-order valence-electron chi connectivity index (χ1n) is 4.70. The summed E-state index contributed by atoms with van der Waals surface area (Å²) in [6.45, 7) is 3.59. The van der Waals surface area contributed by atoms with E-state index < -0.39 is 11.4 Å². The van der Waals surface area contributed by atoms with Gasteiger partial charge in [0.1, 0.15) is 17.2 Å². The molecule has 0 spiro atoms. The molecule has 0 bridgehead atoms. The highest BCUT2D eigenvalue weighted by atomic mass is 19.1. The number of halogens is 1. The Kier molecular flexibility index (Phi) is 1.96. The Morgan fingerprint density at radius 1 is 1.47 bits per heavy atom. The molecule has 0 radical (unpaired) electrons. The third-order valence-corrected chi connectivity index (χ3v) is 2.37. The first-order chi connectivity index (χ1) is 6.89. The van der Waals surface area contributed by atoms with Gasteiger partial charge in [-0.3, -0.25) is 4.79 Å². The zero-order valence-electron chi connectivity index (χ0n) is 8.63. The number of carbonyl (C=O) groups excluding carboxylic acids is 1. The van der Waals surface area contributed by atoms with E-state index in [2.05, 4.69) is 0 Å². The minimum Gasteiger partial charge on any atom is -0.487 e. The van der Waals surface area contributed by atoms with Gasteiger partial charge in [-0.2, -0.15) is 0 Å². The second-order valence-electron chi connectivity index (χ2n) is 4.33. The Hall–Kier alpha value is -1.58. The van der Waals surface area contributed by atoms with Gasteiger partial charge in [0.15, 0.2) is 5.78 Å². The van der Waals surface area contributed by atoms with Crippen LogP contribution in [0.5, 0.6) is 5.75 Å². The number of fused-ring (bicyclic) bond motifs is 1. The number of hydrogen-bond donors (Lipinski definition) is 1. The van der Waals surface area contributed by atoms with Gasteiger partial charge in [0, 0.05) is 6.07 Å². The number of carbonyl (C=O) groups is 1. The van der Waals surface area contributed by atoms with E-state index in [4.69, 9.17) is 10.5 Å². The van der Waals surface area contributed by atoms with Crippen LogP contribution in [0.15, 0.2) is 12.1 Å². The van der Waals surface area contributed by atoms with Crippen LogP contribution in [0, 0.1) is 5.82 Å². The van der Waals surface area contributed by atoms with E-state index in [-0.39, 0.29) is 23.6 Å². The fourth-order valence-corrected chi connectivity index (χ4v) is 1.69. The summed E-state index contributed by atoms with van der Waals surface area (Å²) >= 11 is 0. The Balaban J connectivity index is 2.56. The van der Waals surface area contributed by atoms with Gasteiger partial charge in [-0.1, -0.05) is 0 Å². The van der Waals surface area contributed by atoms with Crippen LogP contribution in [0.1, 0.15) is 30.6 Å². The zero-order valence-corrected chi connectivity index (χ0v) is 8.63. The molecule has 1 aliphatic rings. The molecule has 80 valence electrons. The van der Waals surface area contributed by atoms with Crippen LogP contribution >= 0.6 is 0 Å². The summed E-state index contributed by atoms with van der Waals surface area (Å²) in [4.78, 5) is 11.7. The average molecular weight is 209 g/mol. The summed E-state index contributed by atoms with van der Waals surface area (Å²) in [5.74, 6) is -0.338. The number of hydrogen-bond acceptors (Lipinski definition) is 3. The fourth-order valence-electron chi connectivity index (χ4n) is 1.69. The molecular weight excluding hydrogens is 197 g/mol. The van der Waals surface area contributed by atoms with Gasteiger partial charge in [0.05, 0.1) is 17.7 Å². The van der Waals surface area contributed by atoms with Crippen LogP contribution in [-0.4, -0.2) is 11.4 Å². The van der Waals surface area contributed by atoms with E-state index in [1.165, 1.54) is 12.1 Å². The minimum absolute atomic E-state index is 0.0228. The van der Waals surface area contributed by atoms with Gasteiger partial charge in [-0.15, -0.1) is 0 Å². The molecule has 1 aromatic rings. The largest absolute Gasteiger partial charge is 0.487 e. The van der Waals surface area contributed by atoms with Gasteiger partial charge in [0.2, 0.25) is 0 Å². The van der Waals surface area contributed by atoms with Crippen molar-refractivity contribution in [1.82, 2.24) is 0 Å². The normalized spacial score (nSPS) is 18.2. The monoisotopic (exact) mass is 209 g/mol. The number of benzene rings is 1. The third kappa shape index (κ3) is 1.67. The zero-order chi connectivity index (χ0) is 11.2. The summed E-state index contributed by atoms with van der Waals surface area (Å²) in [5.41, 5.74) is 5.16. The van der Waals surface area contributed by atoms with Gasteiger partial charge >= 0.3 is 0 Å². The number of anilines is 1. The van der Waals surface area contributed by atoms with Crippen LogP contribution in [-0.2, 0) is 0 Å². The number of nitrogens with two attached hydrogens (primary N) is 1. The number of Topliss-reactive ketones (excluding diaryl/α,β-unsaturated/α-hetero) is 1. The molecule has 15 heavy (non-hydrogen) atoms. The number of rotatable bonds is 0. The topological polar surface area (TPSA) is 52.3 Å². The van der Waals surface area contributed by atoms with Crippen LogP contribution in [0.25, 0.3) is 0 Å². The summed E-state index contributed by atoms with van der Waals surface area (Å²) < 4.78 is 18.7. The third-order valence-electron chi connectivity index (χ3n) is 2.37. The molecule has 1 heterocycles. The van der Waals surface area contributed by atoms with Crippen molar-refractivity contribution in [3.8, 4) is 5.75 Å². The number of ether oxygens (including phenoxy) is 1. The highest BCUT2D eigenvalue weighted by Gasteiger charge is 2.33. The molecule has 3 nitrogen and oxygen atoms in total. The van der Waals surface area contributed by atoms with Gasteiger partial charge in [-0.25, -0.2) is 4.39 Å². The first-order valence-corrected chi connectivity index (χ1v) is 4.70.